The van der Waals surface area contributed by atoms with Gasteiger partial charge in [-0.3, -0.25) is 14.6 Å². The molecule has 0 fully saturated rings. The van der Waals surface area contributed by atoms with Crippen LogP contribution in [0.15, 0.2) is 65.7 Å². The number of likely N-dealkylation sites (N-methyl/N-ethyl adjacent to an activating group) is 1. The average molecular weight is 533 g/mol. The van der Waals surface area contributed by atoms with E-state index < -0.39 is 5.92 Å². The van der Waals surface area contributed by atoms with Gasteiger partial charge in [-0.1, -0.05) is 17.7 Å². The zero-order valence-electron chi connectivity index (χ0n) is 21.5. The number of halogens is 1. The van der Waals surface area contributed by atoms with E-state index >= 15 is 0 Å². The number of hydrogen-bond acceptors (Lipinski definition) is 6. The van der Waals surface area contributed by atoms with Gasteiger partial charge in [-0.15, -0.1) is 0 Å². The number of nitrogens with zero attached hydrogens (tertiary/aromatic N) is 3. The second kappa shape index (κ2) is 10.8. The molecule has 5 rings (SSSR count). The lowest BCUT2D eigenvalue weighted by Crippen LogP contribution is -2.35. The number of ether oxygens (including phenoxy) is 2. The van der Waals surface area contributed by atoms with Crippen LogP contribution in [-0.4, -0.2) is 62.8 Å². The van der Waals surface area contributed by atoms with Gasteiger partial charge in [-0.05, 0) is 74.3 Å². The molecule has 0 saturated carbocycles. The van der Waals surface area contributed by atoms with E-state index in [1.54, 1.807) is 24.0 Å². The summed E-state index contributed by atoms with van der Waals surface area (Å²) in [4.78, 5) is 34.3. The van der Waals surface area contributed by atoms with E-state index in [-0.39, 0.29) is 11.8 Å². The Bertz CT molecular complexity index is 1400. The molecule has 8 nitrogen and oxygen atoms in total. The average Bonchev–Trinajstić information content (AvgIpc) is 3.22. The summed E-state index contributed by atoms with van der Waals surface area (Å²) in [5, 5.41) is 3.48. The Morgan fingerprint density at radius 2 is 1.74 bits per heavy atom. The standard InChI is InChI=1S/C29H29ClN4O4/c1-18(35)34(13-12-33(2)3)22-8-6-21(7-9-22)31-28(19-4-11-25-26(16-19)38-15-14-37-25)27-23-10-5-20(30)17-24(23)32-29(27)36/h4-11,16-17,27H,12-15H2,1-3H3,(H,32,36). The largest absolute Gasteiger partial charge is 0.486 e. The van der Waals surface area contributed by atoms with Gasteiger partial charge < -0.3 is 24.6 Å². The van der Waals surface area contributed by atoms with E-state index in [9.17, 15) is 9.59 Å². The molecule has 1 N–H and O–H groups in total. The smallest absolute Gasteiger partial charge is 0.238 e. The lowest BCUT2D eigenvalue weighted by Gasteiger charge is -2.23. The Hall–Kier alpha value is -3.88. The number of anilines is 2. The quantitative estimate of drug-likeness (QED) is 0.438. The maximum Gasteiger partial charge on any atom is 0.238 e. The zero-order chi connectivity index (χ0) is 26.8. The van der Waals surface area contributed by atoms with Crippen molar-refractivity contribution in [1.29, 1.82) is 0 Å². The van der Waals surface area contributed by atoms with E-state index in [2.05, 4.69) is 5.32 Å². The van der Waals surface area contributed by atoms with Crippen molar-refractivity contribution in [2.75, 3.05) is 50.6 Å². The second-order valence-corrected chi connectivity index (χ2v) is 9.94. The number of hydrogen-bond donors (Lipinski definition) is 1. The molecule has 3 aromatic carbocycles. The summed E-state index contributed by atoms with van der Waals surface area (Å²) in [6.45, 7) is 3.83. The van der Waals surface area contributed by atoms with Gasteiger partial charge in [0, 0.05) is 42.0 Å². The molecule has 0 spiro atoms. The fourth-order valence-electron chi connectivity index (χ4n) is 4.62. The second-order valence-electron chi connectivity index (χ2n) is 9.50. The van der Waals surface area contributed by atoms with Crippen molar-refractivity contribution in [1.82, 2.24) is 4.90 Å². The fourth-order valence-corrected chi connectivity index (χ4v) is 4.79. The number of fused-ring (bicyclic) bond motifs is 2. The Morgan fingerprint density at radius 1 is 1.00 bits per heavy atom. The first-order valence-electron chi connectivity index (χ1n) is 12.4. The van der Waals surface area contributed by atoms with E-state index in [0.29, 0.717) is 53.4 Å². The van der Waals surface area contributed by atoms with Gasteiger partial charge in [0.1, 0.15) is 19.1 Å². The lowest BCUT2D eigenvalue weighted by atomic mass is 9.90. The number of nitrogens with one attached hydrogen (secondary N) is 1. The minimum atomic E-state index is -0.640. The number of rotatable bonds is 7. The maximum absolute atomic E-state index is 13.2. The number of aliphatic imine (C=N–C) groups is 1. The van der Waals surface area contributed by atoms with Gasteiger partial charge in [-0.2, -0.15) is 0 Å². The zero-order valence-corrected chi connectivity index (χ0v) is 22.3. The summed E-state index contributed by atoms with van der Waals surface area (Å²) in [7, 11) is 3.95. The molecular formula is C29H29ClN4O4. The van der Waals surface area contributed by atoms with Gasteiger partial charge in [-0.25, -0.2) is 0 Å². The van der Waals surface area contributed by atoms with Gasteiger partial charge in [0.25, 0.3) is 0 Å². The first-order chi connectivity index (χ1) is 18.3. The minimum absolute atomic E-state index is 0.0297. The van der Waals surface area contributed by atoms with Crippen LogP contribution in [-0.2, 0) is 9.59 Å². The first-order valence-corrected chi connectivity index (χ1v) is 12.8. The molecule has 196 valence electrons. The van der Waals surface area contributed by atoms with Gasteiger partial charge in [0.15, 0.2) is 11.5 Å². The summed E-state index contributed by atoms with van der Waals surface area (Å²) in [5.41, 5.74) is 4.24. The molecule has 0 aliphatic carbocycles. The molecule has 0 bridgehead atoms. The minimum Gasteiger partial charge on any atom is -0.486 e. The van der Waals surface area contributed by atoms with E-state index in [0.717, 1.165) is 23.4 Å². The van der Waals surface area contributed by atoms with Gasteiger partial charge in [0.2, 0.25) is 11.8 Å². The Kier molecular flexibility index (Phi) is 7.35. The normalized spacial score (nSPS) is 16.3. The van der Waals surface area contributed by atoms with Crippen molar-refractivity contribution in [3.8, 4) is 11.5 Å². The fraction of sp³-hybridized carbons (Fsp3) is 0.276. The van der Waals surface area contributed by atoms with Crippen LogP contribution in [0.1, 0.15) is 24.0 Å². The van der Waals surface area contributed by atoms with Crippen molar-refractivity contribution >= 4 is 46.2 Å². The lowest BCUT2D eigenvalue weighted by molar-refractivity contribution is -0.117. The topological polar surface area (TPSA) is 83.5 Å². The molecule has 38 heavy (non-hydrogen) atoms. The molecule has 1 unspecified atom stereocenters. The number of carbonyl (C=O) groups excluding carboxylic acids is 2. The Labute approximate surface area is 226 Å². The van der Waals surface area contributed by atoms with Crippen molar-refractivity contribution in [2.45, 2.75) is 12.8 Å². The van der Waals surface area contributed by atoms with Crippen LogP contribution < -0.4 is 19.7 Å². The van der Waals surface area contributed by atoms with Crippen LogP contribution in [0.25, 0.3) is 0 Å². The van der Waals surface area contributed by atoms with Crippen molar-refractivity contribution in [3.05, 3.63) is 76.8 Å². The summed E-state index contributed by atoms with van der Waals surface area (Å²) >= 11 is 6.18. The highest BCUT2D eigenvalue weighted by Crippen LogP contribution is 2.39. The predicted octanol–water partition coefficient (Wildman–Crippen LogP) is 4.88. The third-order valence-corrected chi connectivity index (χ3v) is 6.75. The Morgan fingerprint density at radius 3 is 2.45 bits per heavy atom. The predicted molar refractivity (Wildman–Crippen MR) is 149 cm³/mol. The third-order valence-electron chi connectivity index (χ3n) is 6.52. The summed E-state index contributed by atoms with van der Waals surface area (Å²) in [5.74, 6) is 0.425. The summed E-state index contributed by atoms with van der Waals surface area (Å²) in [6.07, 6.45) is 0. The molecule has 0 aromatic heterocycles. The molecule has 2 heterocycles. The molecule has 2 amide bonds. The maximum atomic E-state index is 13.2. The van der Waals surface area contributed by atoms with Crippen molar-refractivity contribution in [3.63, 3.8) is 0 Å². The molecule has 0 radical (unpaired) electrons. The van der Waals surface area contributed by atoms with Gasteiger partial charge in [0.05, 0.1) is 11.4 Å². The third kappa shape index (κ3) is 5.37. The van der Waals surface area contributed by atoms with Gasteiger partial charge >= 0.3 is 0 Å². The highest BCUT2D eigenvalue weighted by Gasteiger charge is 2.36. The number of benzene rings is 3. The van der Waals surface area contributed by atoms with Crippen LogP contribution in [0, 0.1) is 0 Å². The van der Waals surface area contributed by atoms with Crippen LogP contribution in [0.4, 0.5) is 17.1 Å². The summed E-state index contributed by atoms with van der Waals surface area (Å²) < 4.78 is 11.5. The highest BCUT2D eigenvalue weighted by molar-refractivity contribution is 6.31. The van der Waals surface area contributed by atoms with Crippen LogP contribution >= 0.6 is 11.6 Å². The van der Waals surface area contributed by atoms with Crippen molar-refractivity contribution < 1.29 is 19.1 Å². The molecular weight excluding hydrogens is 504 g/mol. The van der Waals surface area contributed by atoms with E-state index in [1.165, 1.54) is 0 Å². The summed E-state index contributed by atoms with van der Waals surface area (Å²) in [6, 6.07) is 18.4. The molecule has 2 aliphatic heterocycles. The molecule has 2 aliphatic rings. The first kappa shape index (κ1) is 25.8. The molecule has 3 aromatic rings. The van der Waals surface area contributed by atoms with Crippen LogP contribution in [0.5, 0.6) is 11.5 Å². The molecule has 9 heteroatoms. The highest BCUT2D eigenvalue weighted by atomic mass is 35.5. The van der Waals surface area contributed by atoms with Crippen molar-refractivity contribution in [2.24, 2.45) is 4.99 Å². The number of carbonyl (C=O) groups is 2. The Balaban J connectivity index is 1.55. The molecule has 0 saturated heterocycles. The van der Waals surface area contributed by atoms with E-state index in [4.69, 9.17) is 26.1 Å². The van der Waals surface area contributed by atoms with E-state index in [1.807, 2.05) is 67.5 Å². The SMILES string of the molecule is CC(=O)N(CCN(C)C)c1ccc(N=C(c2ccc3c(c2)OCCO3)C2C(=O)Nc3cc(Cl)ccc32)cc1. The van der Waals surface area contributed by atoms with Crippen LogP contribution in [0.3, 0.4) is 0 Å². The number of amides is 2. The molecule has 1 atom stereocenters. The monoisotopic (exact) mass is 532 g/mol. The van der Waals surface area contributed by atoms with Crippen LogP contribution in [0.2, 0.25) is 5.02 Å².